The standard InChI is InChI=1S/C25H28FN3O6S2/c1-33-20-11-12-21(34-2)23-22(20)27-25(36-23)28(15-17-5-4-14-35-17)24(30)19-6-3-13-29(19)37(31,32)18-9-7-16(26)8-10-18/h7-12,17,19H,3-6,13-15H2,1-2H3. The van der Waals surface area contributed by atoms with E-state index in [1.807, 2.05) is 0 Å². The molecule has 0 bridgehead atoms. The Bertz CT molecular complexity index is 1350. The van der Waals surface area contributed by atoms with Crippen molar-refractivity contribution < 1.29 is 31.8 Å². The van der Waals surface area contributed by atoms with Gasteiger partial charge in [0.15, 0.2) is 5.13 Å². The minimum absolute atomic E-state index is 0.0475. The Morgan fingerprint density at radius 2 is 1.86 bits per heavy atom. The highest BCUT2D eigenvalue weighted by molar-refractivity contribution is 7.89. The number of rotatable bonds is 8. The summed E-state index contributed by atoms with van der Waals surface area (Å²) in [7, 11) is -0.898. The van der Waals surface area contributed by atoms with Crippen molar-refractivity contribution in [3.05, 3.63) is 42.2 Å². The van der Waals surface area contributed by atoms with Gasteiger partial charge in [-0.15, -0.1) is 0 Å². The third-order valence-electron chi connectivity index (χ3n) is 6.72. The number of hydrogen-bond acceptors (Lipinski definition) is 8. The van der Waals surface area contributed by atoms with Crippen molar-refractivity contribution in [3.63, 3.8) is 0 Å². The van der Waals surface area contributed by atoms with E-state index in [4.69, 9.17) is 19.2 Å². The summed E-state index contributed by atoms with van der Waals surface area (Å²) >= 11 is 1.29. The zero-order valence-electron chi connectivity index (χ0n) is 20.6. The van der Waals surface area contributed by atoms with E-state index < -0.39 is 21.9 Å². The number of fused-ring (bicyclic) bond motifs is 1. The highest BCUT2D eigenvalue weighted by Gasteiger charge is 2.42. The van der Waals surface area contributed by atoms with Gasteiger partial charge in [0.25, 0.3) is 0 Å². The number of nitrogens with zero attached hydrogens (tertiary/aromatic N) is 3. The van der Waals surface area contributed by atoms with Crippen LogP contribution in [0.5, 0.6) is 11.5 Å². The fourth-order valence-electron chi connectivity index (χ4n) is 4.84. The number of halogens is 1. The monoisotopic (exact) mass is 549 g/mol. The fraction of sp³-hybridized carbons (Fsp3) is 0.440. The number of amides is 1. The van der Waals surface area contributed by atoms with Crippen molar-refractivity contribution in [3.8, 4) is 11.5 Å². The van der Waals surface area contributed by atoms with E-state index >= 15 is 0 Å². The molecule has 1 amide bonds. The lowest BCUT2D eigenvalue weighted by atomic mass is 10.2. The molecule has 0 N–H and O–H groups in total. The van der Waals surface area contributed by atoms with Crippen molar-refractivity contribution in [2.45, 2.75) is 42.7 Å². The van der Waals surface area contributed by atoms with Crippen molar-refractivity contribution in [2.75, 3.05) is 38.8 Å². The molecule has 2 aliphatic rings. The molecule has 2 aromatic carbocycles. The van der Waals surface area contributed by atoms with E-state index in [9.17, 15) is 17.6 Å². The summed E-state index contributed by atoms with van der Waals surface area (Å²) in [6.45, 7) is 1.07. The molecular weight excluding hydrogens is 521 g/mol. The average Bonchev–Trinajstić information content (AvgIpc) is 3.67. The maximum atomic E-state index is 14.1. The van der Waals surface area contributed by atoms with E-state index in [1.165, 1.54) is 27.8 Å². The summed E-state index contributed by atoms with van der Waals surface area (Å²) in [5, 5.41) is 0.421. The second kappa shape index (κ2) is 10.5. The fourth-order valence-corrected chi connectivity index (χ4v) is 7.58. The topological polar surface area (TPSA) is 98.3 Å². The van der Waals surface area contributed by atoms with Crippen LogP contribution in [0.4, 0.5) is 9.52 Å². The molecule has 12 heteroatoms. The Labute approximate surface area is 218 Å². The minimum Gasteiger partial charge on any atom is -0.495 e. The summed E-state index contributed by atoms with van der Waals surface area (Å²) in [4.78, 5) is 20.3. The number of aromatic nitrogens is 1. The van der Waals surface area contributed by atoms with Gasteiger partial charge in [0.2, 0.25) is 15.9 Å². The van der Waals surface area contributed by atoms with Crippen LogP contribution >= 0.6 is 11.3 Å². The van der Waals surface area contributed by atoms with Crippen LogP contribution in [0.25, 0.3) is 10.2 Å². The first kappa shape index (κ1) is 25.8. The number of anilines is 1. The van der Waals surface area contributed by atoms with Crippen LogP contribution in [0.1, 0.15) is 25.7 Å². The van der Waals surface area contributed by atoms with Gasteiger partial charge in [-0.25, -0.2) is 17.8 Å². The van der Waals surface area contributed by atoms with Gasteiger partial charge in [-0.2, -0.15) is 4.31 Å². The molecule has 0 saturated carbocycles. The molecule has 0 spiro atoms. The Kier molecular flexibility index (Phi) is 7.35. The number of hydrogen-bond donors (Lipinski definition) is 0. The predicted octanol–water partition coefficient (Wildman–Crippen LogP) is 3.82. The van der Waals surface area contributed by atoms with E-state index in [2.05, 4.69) is 0 Å². The van der Waals surface area contributed by atoms with Crippen LogP contribution in [0, 0.1) is 5.82 Å². The molecule has 3 aromatic rings. The molecule has 2 saturated heterocycles. The Morgan fingerprint density at radius 1 is 1.14 bits per heavy atom. The van der Waals surface area contributed by atoms with Gasteiger partial charge >= 0.3 is 0 Å². The van der Waals surface area contributed by atoms with Crippen LogP contribution in [0.15, 0.2) is 41.3 Å². The molecular formula is C25H28FN3O6S2. The normalized spacial score (nSPS) is 20.4. The average molecular weight is 550 g/mol. The van der Waals surface area contributed by atoms with Crippen molar-refractivity contribution >= 4 is 42.6 Å². The number of carbonyl (C=O) groups is 1. The second-order valence-electron chi connectivity index (χ2n) is 8.96. The lowest BCUT2D eigenvalue weighted by molar-refractivity contribution is -0.122. The van der Waals surface area contributed by atoms with E-state index in [0.29, 0.717) is 41.6 Å². The molecule has 2 fully saturated rings. The highest BCUT2D eigenvalue weighted by atomic mass is 32.2. The lowest BCUT2D eigenvalue weighted by Gasteiger charge is -2.29. The van der Waals surface area contributed by atoms with Gasteiger partial charge in [0.1, 0.15) is 33.6 Å². The maximum absolute atomic E-state index is 14.1. The largest absolute Gasteiger partial charge is 0.495 e. The van der Waals surface area contributed by atoms with Crippen LogP contribution in [-0.4, -0.2) is 69.7 Å². The first-order chi connectivity index (χ1) is 17.8. The van der Waals surface area contributed by atoms with Crippen molar-refractivity contribution in [1.29, 1.82) is 0 Å². The summed E-state index contributed by atoms with van der Waals surface area (Å²) in [5.41, 5.74) is 0.564. The van der Waals surface area contributed by atoms with Crippen LogP contribution in [-0.2, 0) is 19.6 Å². The van der Waals surface area contributed by atoms with Gasteiger partial charge in [-0.1, -0.05) is 11.3 Å². The zero-order chi connectivity index (χ0) is 26.2. The first-order valence-electron chi connectivity index (χ1n) is 12.1. The number of methoxy groups -OCH3 is 2. The summed E-state index contributed by atoms with van der Waals surface area (Å²) in [6, 6.07) is 7.28. The molecule has 0 aliphatic carbocycles. The molecule has 1 aromatic heterocycles. The smallest absolute Gasteiger partial charge is 0.247 e. The van der Waals surface area contributed by atoms with Gasteiger partial charge in [-0.3, -0.25) is 9.69 Å². The minimum atomic E-state index is -4.01. The third kappa shape index (κ3) is 4.90. The van der Waals surface area contributed by atoms with E-state index in [-0.39, 0.29) is 30.0 Å². The Hall–Kier alpha value is -2.80. The quantitative estimate of drug-likeness (QED) is 0.421. The number of ether oxygens (including phenoxy) is 3. The van der Waals surface area contributed by atoms with E-state index in [1.54, 1.807) is 31.3 Å². The van der Waals surface area contributed by atoms with Gasteiger partial charge in [0, 0.05) is 13.2 Å². The van der Waals surface area contributed by atoms with Gasteiger partial charge < -0.3 is 14.2 Å². The second-order valence-corrected chi connectivity index (χ2v) is 11.8. The van der Waals surface area contributed by atoms with Crippen molar-refractivity contribution in [2.24, 2.45) is 0 Å². The van der Waals surface area contributed by atoms with Crippen LogP contribution in [0.2, 0.25) is 0 Å². The molecule has 5 rings (SSSR count). The maximum Gasteiger partial charge on any atom is 0.247 e. The third-order valence-corrected chi connectivity index (χ3v) is 9.73. The summed E-state index contributed by atoms with van der Waals surface area (Å²) in [6.07, 6.45) is 2.42. The SMILES string of the molecule is COc1ccc(OC)c2sc(N(CC3CCCO3)C(=O)C3CCCN3S(=O)(=O)c3ccc(F)cc3)nc12. The highest BCUT2D eigenvalue weighted by Crippen LogP contribution is 2.41. The predicted molar refractivity (Wildman–Crippen MR) is 137 cm³/mol. The van der Waals surface area contributed by atoms with E-state index in [0.717, 1.165) is 29.7 Å². The molecule has 0 radical (unpaired) electrons. The number of benzene rings is 2. The Balaban J connectivity index is 1.53. The van der Waals surface area contributed by atoms with Gasteiger partial charge in [-0.05, 0) is 62.1 Å². The number of carbonyl (C=O) groups excluding carboxylic acids is 1. The first-order valence-corrected chi connectivity index (χ1v) is 14.3. The molecule has 9 nitrogen and oxygen atoms in total. The molecule has 37 heavy (non-hydrogen) atoms. The summed E-state index contributed by atoms with van der Waals surface area (Å²) < 4.78 is 59.1. The molecule has 198 valence electrons. The zero-order valence-corrected chi connectivity index (χ0v) is 22.2. The molecule has 2 aliphatic heterocycles. The van der Waals surface area contributed by atoms with Gasteiger partial charge in [0.05, 0.1) is 31.8 Å². The summed E-state index contributed by atoms with van der Waals surface area (Å²) in [5.74, 6) is 0.253. The molecule has 3 heterocycles. The molecule has 2 unspecified atom stereocenters. The lowest BCUT2D eigenvalue weighted by Crippen LogP contribution is -2.49. The number of sulfonamides is 1. The number of thiazole rings is 1. The Morgan fingerprint density at radius 3 is 2.54 bits per heavy atom. The van der Waals surface area contributed by atoms with Crippen LogP contribution in [0.3, 0.4) is 0 Å². The molecule has 2 atom stereocenters. The van der Waals surface area contributed by atoms with Crippen molar-refractivity contribution in [1.82, 2.24) is 9.29 Å². The van der Waals surface area contributed by atoms with Crippen LogP contribution < -0.4 is 14.4 Å².